The van der Waals surface area contributed by atoms with Crippen LogP contribution >= 0.6 is 0 Å². The lowest BCUT2D eigenvalue weighted by molar-refractivity contribution is -0.153. The maximum absolute atomic E-state index is 11.7. The highest BCUT2D eigenvalue weighted by Crippen LogP contribution is 2.44. The van der Waals surface area contributed by atoms with Crippen LogP contribution in [-0.2, 0) is 4.79 Å². The van der Waals surface area contributed by atoms with Crippen LogP contribution in [0.1, 0.15) is 26.7 Å². The summed E-state index contributed by atoms with van der Waals surface area (Å²) < 4.78 is 35.1. The number of hydrogen-bond donors (Lipinski definition) is 1. The van der Waals surface area contributed by atoms with E-state index in [1.807, 2.05) is 13.8 Å². The Morgan fingerprint density at radius 3 is 2.31 bits per heavy atom. The standard InChI is InChI=1S/C8H12F3NO/c1-7(2)3-5(7)12-6(13)4-8(9,10)11/h5H,3-4H2,1-2H3,(H,12,13). The van der Waals surface area contributed by atoms with Crippen molar-refractivity contribution in [3.8, 4) is 0 Å². The van der Waals surface area contributed by atoms with Crippen molar-refractivity contribution in [2.75, 3.05) is 0 Å². The van der Waals surface area contributed by atoms with E-state index in [1.165, 1.54) is 0 Å². The normalized spacial score (nSPS) is 25.5. The van der Waals surface area contributed by atoms with Gasteiger partial charge in [-0.2, -0.15) is 13.2 Å². The molecule has 0 radical (unpaired) electrons. The first-order valence-corrected chi connectivity index (χ1v) is 4.07. The predicted molar refractivity (Wildman–Crippen MR) is 41.0 cm³/mol. The van der Waals surface area contributed by atoms with Crippen LogP contribution in [0.4, 0.5) is 13.2 Å². The van der Waals surface area contributed by atoms with E-state index in [0.717, 1.165) is 6.42 Å². The molecule has 1 atom stereocenters. The lowest BCUT2D eigenvalue weighted by Gasteiger charge is -2.08. The molecule has 13 heavy (non-hydrogen) atoms. The number of carbonyl (C=O) groups excluding carboxylic acids is 1. The predicted octanol–water partition coefficient (Wildman–Crippen LogP) is 1.85. The third-order valence-corrected chi connectivity index (χ3v) is 2.21. The summed E-state index contributed by atoms with van der Waals surface area (Å²) in [5.41, 5.74) is -0.0265. The van der Waals surface area contributed by atoms with Crippen LogP contribution in [0.15, 0.2) is 0 Å². The Balaban J connectivity index is 2.28. The quantitative estimate of drug-likeness (QED) is 0.715. The fourth-order valence-corrected chi connectivity index (χ4v) is 1.14. The van der Waals surface area contributed by atoms with Gasteiger partial charge in [0.05, 0.1) is 0 Å². The molecule has 0 aromatic heterocycles. The zero-order chi connectivity index (χ0) is 10.3. The molecule has 1 rings (SSSR count). The Morgan fingerprint density at radius 2 is 2.00 bits per heavy atom. The second-order valence-corrected chi connectivity index (χ2v) is 4.10. The SMILES string of the molecule is CC1(C)CC1NC(=O)CC(F)(F)F. The second kappa shape index (κ2) is 2.89. The van der Waals surface area contributed by atoms with E-state index < -0.39 is 18.5 Å². The topological polar surface area (TPSA) is 29.1 Å². The van der Waals surface area contributed by atoms with Crippen LogP contribution in [0.25, 0.3) is 0 Å². The Hall–Kier alpha value is -0.740. The molecule has 1 aliphatic rings. The van der Waals surface area contributed by atoms with Crippen molar-refractivity contribution >= 4 is 5.91 Å². The van der Waals surface area contributed by atoms with E-state index in [-0.39, 0.29) is 11.5 Å². The van der Waals surface area contributed by atoms with Gasteiger partial charge in [0.15, 0.2) is 0 Å². The summed E-state index contributed by atoms with van der Waals surface area (Å²) in [7, 11) is 0. The largest absolute Gasteiger partial charge is 0.397 e. The van der Waals surface area contributed by atoms with E-state index in [0.29, 0.717) is 0 Å². The second-order valence-electron chi connectivity index (χ2n) is 4.10. The summed E-state index contributed by atoms with van der Waals surface area (Å²) in [6.07, 6.45) is -5.01. The first kappa shape index (κ1) is 10.3. The van der Waals surface area contributed by atoms with E-state index >= 15 is 0 Å². The summed E-state index contributed by atoms with van der Waals surface area (Å²) in [5.74, 6) is -0.928. The van der Waals surface area contributed by atoms with Gasteiger partial charge < -0.3 is 5.32 Å². The maximum Gasteiger partial charge on any atom is 0.397 e. The van der Waals surface area contributed by atoms with Gasteiger partial charge in [0, 0.05) is 6.04 Å². The molecule has 1 unspecified atom stereocenters. The molecular formula is C8H12F3NO. The monoisotopic (exact) mass is 195 g/mol. The Morgan fingerprint density at radius 1 is 1.54 bits per heavy atom. The summed E-state index contributed by atoms with van der Waals surface area (Å²) in [4.78, 5) is 10.8. The number of carbonyl (C=O) groups is 1. The molecule has 1 saturated carbocycles. The molecule has 0 heterocycles. The van der Waals surface area contributed by atoms with Gasteiger partial charge in [-0.3, -0.25) is 4.79 Å². The van der Waals surface area contributed by atoms with Crippen molar-refractivity contribution in [1.82, 2.24) is 5.32 Å². The van der Waals surface area contributed by atoms with Crippen molar-refractivity contribution < 1.29 is 18.0 Å². The zero-order valence-electron chi connectivity index (χ0n) is 7.53. The zero-order valence-corrected chi connectivity index (χ0v) is 7.53. The first-order valence-electron chi connectivity index (χ1n) is 4.07. The molecule has 0 aliphatic heterocycles. The molecular weight excluding hydrogens is 183 g/mol. The molecule has 1 amide bonds. The number of alkyl halides is 3. The van der Waals surface area contributed by atoms with Gasteiger partial charge in [0.2, 0.25) is 5.91 Å². The average molecular weight is 195 g/mol. The minimum Gasteiger partial charge on any atom is -0.353 e. The highest BCUT2D eigenvalue weighted by Gasteiger charge is 2.47. The third-order valence-electron chi connectivity index (χ3n) is 2.21. The average Bonchev–Trinajstić information content (AvgIpc) is 2.32. The molecule has 5 heteroatoms. The van der Waals surface area contributed by atoms with Crippen molar-refractivity contribution in [3.05, 3.63) is 0 Å². The molecule has 2 nitrogen and oxygen atoms in total. The van der Waals surface area contributed by atoms with Gasteiger partial charge in [-0.25, -0.2) is 0 Å². The minimum atomic E-state index is -4.40. The molecule has 0 saturated heterocycles. The minimum absolute atomic E-state index is 0.0265. The third kappa shape index (κ3) is 3.24. The van der Waals surface area contributed by atoms with Gasteiger partial charge in [-0.1, -0.05) is 13.8 Å². The van der Waals surface area contributed by atoms with Crippen LogP contribution in [-0.4, -0.2) is 18.1 Å². The molecule has 0 spiro atoms. The van der Waals surface area contributed by atoms with Crippen LogP contribution < -0.4 is 5.32 Å². The molecule has 76 valence electrons. The molecule has 0 bridgehead atoms. The number of hydrogen-bond acceptors (Lipinski definition) is 1. The molecule has 1 fully saturated rings. The Labute approximate surface area is 74.5 Å². The summed E-state index contributed by atoms with van der Waals surface area (Å²) in [6.45, 7) is 3.82. The Bertz CT molecular complexity index is 222. The summed E-state index contributed by atoms with van der Waals surface area (Å²) in [5, 5.41) is 2.34. The van der Waals surface area contributed by atoms with Crippen LogP contribution in [0.3, 0.4) is 0 Å². The smallest absolute Gasteiger partial charge is 0.353 e. The highest BCUT2D eigenvalue weighted by atomic mass is 19.4. The van der Waals surface area contributed by atoms with Crippen LogP contribution in [0, 0.1) is 5.41 Å². The summed E-state index contributed by atoms with van der Waals surface area (Å²) in [6, 6.07) is -0.0812. The first-order chi connectivity index (χ1) is 5.71. The van der Waals surface area contributed by atoms with Crippen LogP contribution in [0.2, 0.25) is 0 Å². The van der Waals surface area contributed by atoms with E-state index in [9.17, 15) is 18.0 Å². The van der Waals surface area contributed by atoms with Gasteiger partial charge >= 0.3 is 6.18 Å². The van der Waals surface area contributed by atoms with Crippen molar-refractivity contribution in [2.45, 2.75) is 38.9 Å². The van der Waals surface area contributed by atoms with Gasteiger partial charge in [-0.05, 0) is 11.8 Å². The number of nitrogens with one attached hydrogen (secondary N) is 1. The molecule has 1 N–H and O–H groups in total. The number of rotatable bonds is 2. The fraction of sp³-hybridized carbons (Fsp3) is 0.875. The van der Waals surface area contributed by atoms with E-state index in [2.05, 4.69) is 5.32 Å². The molecule has 1 aliphatic carbocycles. The lowest BCUT2D eigenvalue weighted by atomic mass is 10.2. The molecule has 0 aromatic carbocycles. The van der Waals surface area contributed by atoms with Gasteiger partial charge in [0.25, 0.3) is 0 Å². The number of amides is 1. The van der Waals surface area contributed by atoms with Crippen molar-refractivity contribution in [3.63, 3.8) is 0 Å². The van der Waals surface area contributed by atoms with Crippen molar-refractivity contribution in [1.29, 1.82) is 0 Å². The van der Waals surface area contributed by atoms with E-state index in [4.69, 9.17) is 0 Å². The molecule has 0 aromatic rings. The van der Waals surface area contributed by atoms with Gasteiger partial charge in [-0.15, -0.1) is 0 Å². The fourth-order valence-electron chi connectivity index (χ4n) is 1.14. The van der Waals surface area contributed by atoms with E-state index in [1.54, 1.807) is 0 Å². The Kier molecular flexibility index (Phi) is 2.30. The summed E-state index contributed by atoms with van der Waals surface area (Å²) >= 11 is 0. The highest BCUT2D eigenvalue weighted by molar-refractivity contribution is 5.77. The van der Waals surface area contributed by atoms with Gasteiger partial charge in [0.1, 0.15) is 6.42 Å². The van der Waals surface area contributed by atoms with Crippen LogP contribution in [0.5, 0.6) is 0 Å². The number of halogens is 3. The van der Waals surface area contributed by atoms with Crippen molar-refractivity contribution in [2.24, 2.45) is 5.41 Å². The lowest BCUT2D eigenvalue weighted by Crippen LogP contribution is -2.32. The maximum atomic E-state index is 11.7.